The van der Waals surface area contributed by atoms with Crippen LogP contribution in [0.3, 0.4) is 0 Å². The zero-order valence-corrected chi connectivity index (χ0v) is 17.6. The molecule has 3 aromatic carbocycles. The van der Waals surface area contributed by atoms with Crippen molar-refractivity contribution in [3.05, 3.63) is 95.3 Å². The molecule has 0 fully saturated rings. The summed E-state index contributed by atoms with van der Waals surface area (Å²) in [6.45, 7) is -0.257. The molecule has 3 aromatic rings. The summed E-state index contributed by atoms with van der Waals surface area (Å²) in [6.07, 6.45) is 1.38. The first-order chi connectivity index (χ1) is 16.0. The molecule has 2 amide bonds. The average molecular weight is 449 g/mol. The third-order valence-electron chi connectivity index (χ3n) is 4.35. The van der Waals surface area contributed by atoms with Crippen molar-refractivity contribution in [2.75, 3.05) is 13.7 Å². The molecule has 0 spiro atoms. The lowest BCUT2D eigenvalue weighted by molar-refractivity contribution is -0.120. The second kappa shape index (κ2) is 11.2. The molecule has 3 rings (SSSR count). The Labute approximate surface area is 189 Å². The second-order valence-electron chi connectivity index (χ2n) is 6.64. The largest absolute Gasteiger partial charge is 0.497 e. The predicted octanol–water partition coefficient (Wildman–Crippen LogP) is 2.93. The van der Waals surface area contributed by atoms with E-state index in [0.717, 1.165) is 0 Å². The first kappa shape index (κ1) is 23.1. The maximum atomic E-state index is 13.6. The Balaban J connectivity index is 1.45. The fourth-order valence-electron chi connectivity index (χ4n) is 2.63. The number of carbonyl (C=O) groups is 3. The van der Waals surface area contributed by atoms with Gasteiger partial charge in [-0.05, 0) is 66.2 Å². The summed E-state index contributed by atoms with van der Waals surface area (Å²) in [5.74, 6) is -1.54. The fraction of sp³-hybridized carbons (Fsp3) is 0.0833. The lowest BCUT2D eigenvalue weighted by atomic mass is 10.2. The van der Waals surface area contributed by atoms with Crippen LogP contribution in [0.1, 0.15) is 26.3 Å². The van der Waals surface area contributed by atoms with Gasteiger partial charge in [-0.15, -0.1) is 0 Å². The SMILES string of the molecule is COc1ccc(C(=O)NCC(=O)NN=Cc2ccc(OC(=O)c3ccccc3F)cc2)cc1. The summed E-state index contributed by atoms with van der Waals surface area (Å²) in [5, 5.41) is 6.30. The van der Waals surface area contributed by atoms with Crippen molar-refractivity contribution in [2.24, 2.45) is 5.10 Å². The van der Waals surface area contributed by atoms with Crippen molar-refractivity contribution in [3.63, 3.8) is 0 Å². The number of ether oxygens (including phenoxy) is 2. The van der Waals surface area contributed by atoms with E-state index in [1.54, 1.807) is 36.4 Å². The fourth-order valence-corrected chi connectivity index (χ4v) is 2.63. The van der Waals surface area contributed by atoms with Crippen molar-refractivity contribution in [3.8, 4) is 11.5 Å². The number of benzene rings is 3. The second-order valence-corrected chi connectivity index (χ2v) is 6.64. The van der Waals surface area contributed by atoms with E-state index in [-0.39, 0.29) is 17.9 Å². The molecule has 9 heteroatoms. The minimum absolute atomic E-state index is 0.162. The van der Waals surface area contributed by atoms with E-state index < -0.39 is 23.6 Å². The van der Waals surface area contributed by atoms with Gasteiger partial charge in [0.2, 0.25) is 0 Å². The Hall–Kier alpha value is -4.53. The zero-order valence-electron chi connectivity index (χ0n) is 17.6. The topological polar surface area (TPSA) is 106 Å². The van der Waals surface area contributed by atoms with Gasteiger partial charge < -0.3 is 14.8 Å². The van der Waals surface area contributed by atoms with Gasteiger partial charge in [0.05, 0.1) is 25.4 Å². The molecule has 0 aliphatic carbocycles. The van der Waals surface area contributed by atoms with Gasteiger partial charge in [-0.2, -0.15) is 5.10 Å². The molecule has 0 aliphatic heterocycles. The lowest BCUT2D eigenvalue weighted by Gasteiger charge is -2.06. The molecule has 0 heterocycles. The number of nitrogens with zero attached hydrogens (tertiary/aromatic N) is 1. The third-order valence-corrected chi connectivity index (χ3v) is 4.35. The third kappa shape index (κ3) is 6.73. The van der Waals surface area contributed by atoms with Gasteiger partial charge in [0.1, 0.15) is 17.3 Å². The zero-order chi connectivity index (χ0) is 23.6. The van der Waals surface area contributed by atoms with Crippen LogP contribution in [-0.4, -0.2) is 37.7 Å². The van der Waals surface area contributed by atoms with Gasteiger partial charge in [0.25, 0.3) is 11.8 Å². The van der Waals surface area contributed by atoms with Gasteiger partial charge >= 0.3 is 5.97 Å². The molecule has 0 unspecified atom stereocenters. The van der Waals surface area contributed by atoms with Gasteiger partial charge in [0.15, 0.2) is 0 Å². The number of halogens is 1. The monoisotopic (exact) mass is 449 g/mol. The van der Waals surface area contributed by atoms with Gasteiger partial charge in [0, 0.05) is 5.56 Å². The highest BCUT2D eigenvalue weighted by Gasteiger charge is 2.13. The van der Waals surface area contributed by atoms with Crippen molar-refractivity contribution in [1.82, 2.24) is 10.7 Å². The summed E-state index contributed by atoms with van der Waals surface area (Å²) in [6, 6.07) is 18.2. The number of hydrogen-bond donors (Lipinski definition) is 2. The Kier molecular flexibility index (Phi) is 7.85. The molecule has 0 saturated carbocycles. The molecule has 33 heavy (non-hydrogen) atoms. The van der Waals surface area contributed by atoms with Crippen LogP contribution in [0.25, 0.3) is 0 Å². The van der Waals surface area contributed by atoms with Crippen LogP contribution in [0.2, 0.25) is 0 Å². The molecule has 0 saturated heterocycles. The summed E-state index contributed by atoms with van der Waals surface area (Å²) >= 11 is 0. The van der Waals surface area contributed by atoms with Crippen molar-refractivity contribution < 1.29 is 28.2 Å². The predicted molar refractivity (Wildman–Crippen MR) is 119 cm³/mol. The smallest absolute Gasteiger partial charge is 0.346 e. The number of methoxy groups -OCH3 is 1. The number of hydrogen-bond acceptors (Lipinski definition) is 6. The van der Waals surface area contributed by atoms with E-state index in [9.17, 15) is 18.8 Å². The molecule has 0 atom stereocenters. The Morgan fingerprint density at radius 1 is 0.939 bits per heavy atom. The Bertz CT molecular complexity index is 1160. The van der Waals surface area contributed by atoms with Crippen LogP contribution in [-0.2, 0) is 4.79 Å². The quantitative estimate of drug-likeness (QED) is 0.238. The molecule has 8 nitrogen and oxygen atoms in total. The number of esters is 1. The lowest BCUT2D eigenvalue weighted by Crippen LogP contribution is -2.34. The van der Waals surface area contributed by atoms with E-state index in [0.29, 0.717) is 16.9 Å². The van der Waals surface area contributed by atoms with Gasteiger partial charge in [-0.3, -0.25) is 9.59 Å². The highest BCUT2D eigenvalue weighted by molar-refractivity contribution is 5.96. The van der Waals surface area contributed by atoms with Crippen LogP contribution < -0.4 is 20.2 Å². The molecule has 168 valence electrons. The van der Waals surface area contributed by atoms with Gasteiger partial charge in [-0.1, -0.05) is 12.1 Å². The van der Waals surface area contributed by atoms with Crippen molar-refractivity contribution in [2.45, 2.75) is 0 Å². The van der Waals surface area contributed by atoms with Crippen LogP contribution in [0.5, 0.6) is 11.5 Å². The highest BCUT2D eigenvalue weighted by atomic mass is 19.1. The van der Waals surface area contributed by atoms with E-state index in [4.69, 9.17) is 9.47 Å². The van der Waals surface area contributed by atoms with Crippen LogP contribution in [0.4, 0.5) is 4.39 Å². The first-order valence-corrected chi connectivity index (χ1v) is 9.77. The Morgan fingerprint density at radius 3 is 2.27 bits per heavy atom. The van der Waals surface area contributed by atoms with E-state index >= 15 is 0 Å². The maximum Gasteiger partial charge on any atom is 0.346 e. The summed E-state index contributed by atoms with van der Waals surface area (Å²) in [5.41, 5.74) is 3.14. The number of hydrazone groups is 1. The summed E-state index contributed by atoms with van der Waals surface area (Å²) < 4.78 is 23.8. The number of amides is 2. The minimum atomic E-state index is -0.807. The molecule has 0 bridgehead atoms. The highest BCUT2D eigenvalue weighted by Crippen LogP contribution is 2.15. The molecule has 0 radical (unpaired) electrons. The van der Waals surface area contributed by atoms with E-state index in [1.807, 2.05) is 0 Å². The van der Waals surface area contributed by atoms with Crippen LogP contribution >= 0.6 is 0 Å². The summed E-state index contributed by atoms with van der Waals surface area (Å²) in [7, 11) is 1.53. The van der Waals surface area contributed by atoms with Crippen molar-refractivity contribution >= 4 is 24.0 Å². The molecular formula is C24H20FN3O5. The standard InChI is InChI=1S/C24H20FN3O5/c1-32-18-12-8-17(9-13-18)23(30)26-15-22(29)28-27-14-16-6-10-19(11-7-16)33-24(31)20-4-2-3-5-21(20)25/h2-14H,15H2,1H3,(H,26,30)(H,28,29). The molecule has 2 N–H and O–H groups in total. The first-order valence-electron chi connectivity index (χ1n) is 9.77. The normalized spacial score (nSPS) is 10.5. The van der Waals surface area contributed by atoms with Crippen molar-refractivity contribution in [1.29, 1.82) is 0 Å². The van der Waals surface area contributed by atoms with Crippen LogP contribution in [0, 0.1) is 5.82 Å². The molecule has 0 aromatic heterocycles. The molecule has 0 aliphatic rings. The van der Waals surface area contributed by atoms with Crippen LogP contribution in [0.15, 0.2) is 77.9 Å². The number of nitrogens with one attached hydrogen (secondary N) is 2. The van der Waals surface area contributed by atoms with E-state index in [2.05, 4.69) is 15.8 Å². The van der Waals surface area contributed by atoms with E-state index in [1.165, 1.54) is 49.7 Å². The average Bonchev–Trinajstić information content (AvgIpc) is 2.84. The number of rotatable bonds is 8. The minimum Gasteiger partial charge on any atom is -0.497 e. The summed E-state index contributed by atoms with van der Waals surface area (Å²) in [4.78, 5) is 35.9. The maximum absolute atomic E-state index is 13.6. The number of carbonyl (C=O) groups excluding carboxylic acids is 3. The Morgan fingerprint density at radius 2 is 1.61 bits per heavy atom. The van der Waals surface area contributed by atoms with Gasteiger partial charge in [-0.25, -0.2) is 14.6 Å². The molecular weight excluding hydrogens is 429 g/mol.